The third kappa shape index (κ3) is 2.13. The lowest BCUT2D eigenvalue weighted by molar-refractivity contribution is -0.145. The van der Waals surface area contributed by atoms with Crippen LogP contribution in [-0.4, -0.2) is 26.6 Å². The molecule has 1 unspecified atom stereocenters. The molecule has 0 heterocycles. The molecule has 0 bridgehead atoms. The van der Waals surface area contributed by atoms with E-state index < -0.39 is 21.8 Å². The van der Waals surface area contributed by atoms with Crippen molar-refractivity contribution in [2.45, 2.75) is 9.21 Å². The summed E-state index contributed by atoms with van der Waals surface area (Å²) >= 11 is 17.0. The van der Waals surface area contributed by atoms with Crippen molar-refractivity contribution in [2.24, 2.45) is 0 Å². The summed E-state index contributed by atoms with van der Waals surface area (Å²) in [5.41, 5.74) is -1.72. The third-order valence-electron chi connectivity index (χ3n) is 2.35. The fraction of sp³-hybridized carbons (Fsp3) is 0.300. The molecule has 0 saturated heterocycles. The molecule has 1 atom stereocenters. The van der Waals surface area contributed by atoms with Crippen LogP contribution in [0.4, 0.5) is 0 Å². The first-order chi connectivity index (χ1) is 7.36. The van der Waals surface area contributed by atoms with E-state index in [4.69, 9.17) is 34.8 Å². The second-order valence-corrected chi connectivity index (χ2v) is 5.51. The average Bonchev–Trinajstić information content (AvgIpc) is 2.18. The monoisotopic (exact) mass is 282 g/mol. The van der Waals surface area contributed by atoms with Gasteiger partial charge in [-0.25, -0.2) is 0 Å². The zero-order valence-corrected chi connectivity index (χ0v) is 10.3. The smallest absolute Gasteiger partial charge is 0.320 e. The molecule has 2 N–H and O–H groups in total. The standard InChI is InChI=1S/C10H9Cl3O3/c11-10(12,13)9(6-14,8(15)16)7-4-2-1-3-5-7/h1-5,14H,6H2,(H,15,16). The highest BCUT2D eigenvalue weighted by Crippen LogP contribution is 2.46. The highest BCUT2D eigenvalue weighted by molar-refractivity contribution is 6.69. The van der Waals surface area contributed by atoms with Crippen molar-refractivity contribution in [2.75, 3.05) is 6.61 Å². The molecule has 0 fully saturated rings. The van der Waals surface area contributed by atoms with E-state index in [1.54, 1.807) is 18.2 Å². The molecule has 0 spiro atoms. The van der Waals surface area contributed by atoms with Crippen molar-refractivity contribution in [1.29, 1.82) is 0 Å². The van der Waals surface area contributed by atoms with Crippen LogP contribution in [0.3, 0.4) is 0 Å². The summed E-state index contributed by atoms with van der Waals surface area (Å²) in [7, 11) is 0. The fourth-order valence-electron chi connectivity index (χ4n) is 1.38. The van der Waals surface area contributed by atoms with Gasteiger partial charge >= 0.3 is 5.97 Å². The molecule has 0 aliphatic rings. The minimum absolute atomic E-state index is 0.241. The Hall–Kier alpha value is -0.480. The molecular formula is C10H9Cl3O3. The van der Waals surface area contributed by atoms with Gasteiger partial charge in [0.1, 0.15) is 0 Å². The maximum Gasteiger partial charge on any atom is 0.320 e. The Bertz CT molecular complexity index is 375. The number of benzene rings is 1. The second-order valence-electron chi connectivity index (χ2n) is 3.23. The van der Waals surface area contributed by atoms with Crippen LogP contribution in [0.2, 0.25) is 0 Å². The van der Waals surface area contributed by atoms with E-state index >= 15 is 0 Å². The summed E-state index contributed by atoms with van der Waals surface area (Å²) in [6.45, 7) is -0.803. The van der Waals surface area contributed by atoms with Crippen molar-refractivity contribution in [3.8, 4) is 0 Å². The van der Waals surface area contributed by atoms with Crippen molar-refractivity contribution in [1.82, 2.24) is 0 Å². The normalized spacial score (nSPS) is 15.5. The Labute approximate surface area is 108 Å². The molecule has 0 saturated carbocycles. The zero-order chi connectivity index (χ0) is 12.4. The lowest BCUT2D eigenvalue weighted by atomic mass is 9.82. The SMILES string of the molecule is O=C(O)C(CO)(c1ccccc1)C(Cl)(Cl)Cl. The Kier molecular flexibility index (Phi) is 4.07. The number of hydrogen-bond acceptors (Lipinski definition) is 2. The predicted octanol–water partition coefficient (Wildman–Crippen LogP) is 2.37. The van der Waals surface area contributed by atoms with Gasteiger partial charge in [-0.1, -0.05) is 65.1 Å². The summed E-state index contributed by atoms with van der Waals surface area (Å²) in [6.07, 6.45) is 0. The highest BCUT2D eigenvalue weighted by atomic mass is 35.6. The molecule has 0 aliphatic heterocycles. The van der Waals surface area contributed by atoms with E-state index in [2.05, 4.69) is 0 Å². The number of hydrogen-bond donors (Lipinski definition) is 2. The van der Waals surface area contributed by atoms with E-state index in [9.17, 15) is 15.0 Å². The maximum atomic E-state index is 11.3. The van der Waals surface area contributed by atoms with Crippen LogP contribution in [0.1, 0.15) is 5.56 Å². The topological polar surface area (TPSA) is 57.5 Å². The van der Waals surface area contributed by atoms with Gasteiger partial charge in [0.05, 0.1) is 6.61 Å². The van der Waals surface area contributed by atoms with Gasteiger partial charge in [-0.2, -0.15) is 0 Å². The average molecular weight is 284 g/mol. The van der Waals surface area contributed by atoms with Gasteiger partial charge in [0, 0.05) is 0 Å². The fourth-order valence-corrected chi connectivity index (χ4v) is 2.13. The number of carboxylic acids is 1. The van der Waals surface area contributed by atoms with E-state index in [1.165, 1.54) is 12.1 Å². The maximum absolute atomic E-state index is 11.3. The Balaban J connectivity index is 3.42. The Morgan fingerprint density at radius 2 is 1.69 bits per heavy atom. The summed E-state index contributed by atoms with van der Waals surface area (Å²) < 4.78 is -2.14. The van der Waals surface area contributed by atoms with Crippen LogP contribution in [0.25, 0.3) is 0 Å². The lowest BCUT2D eigenvalue weighted by Gasteiger charge is -2.34. The van der Waals surface area contributed by atoms with E-state index in [-0.39, 0.29) is 5.56 Å². The minimum atomic E-state index is -2.14. The number of halogens is 3. The van der Waals surface area contributed by atoms with Crippen molar-refractivity contribution < 1.29 is 15.0 Å². The molecule has 1 aromatic rings. The first kappa shape index (κ1) is 13.6. The molecule has 0 aromatic heterocycles. The second kappa shape index (κ2) is 4.80. The van der Waals surface area contributed by atoms with Gasteiger partial charge in [-0.05, 0) is 5.56 Å². The summed E-state index contributed by atoms with van der Waals surface area (Å²) in [6, 6.07) is 7.91. The molecule has 0 radical (unpaired) electrons. The highest BCUT2D eigenvalue weighted by Gasteiger charge is 2.56. The van der Waals surface area contributed by atoms with Crippen LogP contribution in [0.5, 0.6) is 0 Å². The van der Waals surface area contributed by atoms with Gasteiger partial charge in [-0.3, -0.25) is 4.79 Å². The molecule has 0 aliphatic carbocycles. The summed E-state index contributed by atoms with van der Waals surface area (Å²) in [4.78, 5) is 11.3. The van der Waals surface area contributed by atoms with Gasteiger partial charge in [0.2, 0.25) is 3.79 Å². The van der Waals surface area contributed by atoms with Crippen LogP contribution < -0.4 is 0 Å². The van der Waals surface area contributed by atoms with Gasteiger partial charge in [-0.15, -0.1) is 0 Å². The van der Waals surface area contributed by atoms with Gasteiger partial charge in [0.15, 0.2) is 5.41 Å². The number of carbonyl (C=O) groups is 1. The predicted molar refractivity (Wildman–Crippen MR) is 63.1 cm³/mol. The minimum Gasteiger partial charge on any atom is -0.480 e. The van der Waals surface area contributed by atoms with Crippen LogP contribution in [-0.2, 0) is 10.2 Å². The summed E-state index contributed by atoms with van der Waals surface area (Å²) in [5.74, 6) is -1.39. The van der Waals surface area contributed by atoms with Crippen molar-refractivity contribution >= 4 is 40.8 Å². The van der Waals surface area contributed by atoms with Crippen LogP contribution in [0.15, 0.2) is 30.3 Å². The number of aliphatic hydroxyl groups excluding tert-OH is 1. The molecule has 16 heavy (non-hydrogen) atoms. The largest absolute Gasteiger partial charge is 0.480 e. The molecular weight excluding hydrogens is 274 g/mol. The van der Waals surface area contributed by atoms with Crippen LogP contribution in [0, 0.1) is 0 Å². The Morgan fingerprint density at radius 1 is 1.19 bits per heavy atom. The summed E-state index contributed by atoms with van der Waals surface area (Å²) in [5, 5.41) is 18.5. The molecule has 6 heteroatoms. The molecule has 3 nitrogen and oxygen atoms in total. The molecule has 1 rings (SSSR count). The number of rotatable bonds is 3. The Morgan fingerprint density at radius 3 is 2.00 bits per heavy atom. The van der Waals surface area contributed by atoms with Gasteiger partial charge < -0.3 is 10.2 Å². The molecule has 1 aromatic carbocycles. The quantitative estimate of drug-likeness (QED) is 0.837. The van der Waals surface area contributed by atoms with Crippen molar-refractivity contribution in [3.05, 3.63) is 35.9 Å². The zero-order valence-electron chi connectivity index (χ0n) is 8.03. The first-order valence-corrected chi connectivity index (χ1v) is 5.46. The first-order valence-electron chi connectivity index (χ1n) is 4.33. The molecule has 88 valence electrons. The lowest BCUT2D eigenvalue weighted by Crippen LogP contribution is -2.50. The van der Waals surface area contributed by atoms with E-state index in [1.807, 2.05) is 0 Å². The number of alkyl halides is 3. The van der Waals surface area contributed by atoms with Gasteiger partial charge in [0.25, 0.3) is 0 Å². The number of aliphatic carboxylic acids is 1. The van der Waals surface area contributed by atoms with Crippen molar-refractivity contribution in [3.63, 3.8) is 0 Å². The van der Waals surface area contributed by atoms with E-state index in [0.29, 0.717) is 0 Å². The molecule has 0 amide bonds. The number of aliphatic hydroxyl groups is 1. The van der Waals surface area contributed by atoms with Crippen LogP contribution >= 0.6 is 34.8 Å². The van der Waals surface area contributed by atoms with E-state index in [0.717, 1.165) is 0 Å². The number of carboxylic acid groups (broad SMARTS) is 1. The third-order valence-corrected chi connectivity index (χ3v) is 3.32.